The van der Waals surface area contributed by atoms with Crippen LogP contribution in [0, 0.1) is 0 Å². The predicted molar refractivity (Wildman–Crippen MR) is 79.8 cm³/mol. The molecule has 8 heteroatoms. The SMILES string of the molecule is CCC1C(C=O)N(C)c2cnc(Cl)nc2N1C1CC(F)(F)C1. The predicted octanol–water partition coefficient (Wildman–Crippen LogP) is 2.53. The maximum atomic E-state index is 13.3. The second-order valence-electron chi connectivity index (χ2n) is 5.89. The molecule has 5 nitrogen and oxygen atoms in total. The lowest BCUT2D eigenvalue weighted by atomic mass is 9.83. The molecule has 0 spiro atoms. The Balaban J connectivity index is 2.06. The Hall–Kier alpha value is -1.50. The van der Waals surface area contributed by atoms with Crippen LogP contribution < -0.4 is 9.80 Å². The summed E-state index contributed by atoms with van der Waals surface area (Å²) in [6.07, 6.45) is 2.60. The van der Waals surface area contributed by atoms with Crippen LogP contribution in [0.1, 0.15) is 26.2 Å². The molecule has 0 aromatic carbocycles. The van der Waals surface area contributed by atoms with E-state index in [1.54, 1.807) is 11.9 Å². The fourth-order valence-electron chi connectivity index (χ4n) is 3.42. The summed E-state index contributed by atoms with van der Waals surface area (Å²) in [5.41, 5.74) is 0.640. The van der Waals surface area contributed by atoms with E-state index < -0.39 is 12.0 Å². The highest BCUT2D eigenvalue weighted by Crippen LogP contribution is 2.47. The Bertz CT molecular complexity index is 592. The standard InChI is InChI=1S/C14H17ClF2N4O/c1-3-9-11(7-22)20(2)10-6-18-13(15)19-12(10)21(9)8-4-14(16,17)5-8/h6-9,11H,3-5H2,1-2H3. The van der Waals surface area contributed by atoms with Gasteiger partial charge in [0.1, 0.15) is 12.3 Å². The summed E-state index contributed by atoms with van der Waals surface area (Å²) in [6.45, 7) is 1.94. The van der Waals surface area contributed by atoms with Crippen molar-refractivity contribution < 1.29 is 13.6 Å². The number of nitrogens with zero attached hydrogens (tertiary/aromatic N) is 4. The van der Waals surface area contributed by atoms with Crippen LogP contribution in [0.2, 0.25) is 5.28 Å². The fourth-order valence-corrected chi connectivity index (χ4v) is 3.54. The summed E-state index contributed by atoms with van der Waals surface area (Å²) in [6, 6.07) is -0.959. The smallest absolute Gasteiger partial charge is 0.252 e. The number of likely N-dealkylation sites (N-methyl/N-ethyl adjacent to an activating group) is 1. The Morgan fingerprint density at radius 1 is 1.50 bits per heavy atom. The number of fused-ring (bicyclic) bond motifs is 1. The summed E-state index contributed by atoms with van der Waals surface area (Å²) >= 11 is 5.89. The minimum absolute atomic E-state index is 0.0719. The summed E-state index contributed by atoms with van der Waals surface area (Å²) < 4.78 is 26.6. The second-order valence-corrected chi connectivity index (χ2v) is 6.22. The molecule has 1 aromatic heterocycles. The first-order chi connectivity index (χ1) is 10.4. The van der Waals surface area contributed by atoms with Crippen molar-refractivity contribution in [3.63, 3.8) is 0 Å². The lowest BCUT2D eigenvalue weighted by Crippen LogP contribution is -2.63. The maximum Gasteiger partial charge on any atom is 0.252 e. The van der Waals surface area contributed by atoms with Gasteiger partial charge in [0.05, 0.1) is 17.9 Å². The third kappa shape index (κ3) is 2.31. The normalized spacial score (nSPS) is 27.3. The molecule has 0 radical (unpaired) electrons. The average Bonchev–Trinajstić information content (AvgIpc) is 2.44. The molecule has 2 unspecified atom stereocenters. The maximum absolute atomic E-state index is 13.3. The third-order valence-corrected chi connectivity index (χ3v) is 4.75. The number of hydrogen-bond donors (Lipinski definition) is 0. The second kappa shape index (κ2) is 5.30. The van der Waals surface area contributed by atoms with E-state index in [0.29, 0.717) is 17.9 Å². The van der Waals surface area contributed by atoms with Gasteiger partial charge < -0.3 is 14.6 Å². The van der Waals surface area contributed by atoms with Crippen molar-refractivity contribution in [2.24, 2.45) is 0 Å². The fraction of sp³-hybridized carbons (Fsp3) is 0.643. The van der Waals surface area contributed by atoms with Gasteiger partial charge in [-0.15, -0.1) is 0 Å². The van der Waals surface area contributed by atoms with Crippen LogP contribution in [0.25, 0.3) is 0 Å². The Morgan fingerprint density at radius 2 is 2.18 bits per heavy atom. The number of rotatable bonds is 3. The van der Waals surface area contributed by atoms with Gasteiger partial charge in [-0.2, -0.15) is 4.98 Å². The number of carbonyl (C=O) groups is 1. The van der Waals surface area contributed by atoms with Crippen LogP contribution in [0.15, 0.2) is 6.20 Å². The van der Waals surface area contributed by atoms with E-state index >= 15 is 0 Å². The zero-order valence-electron chi connectivity index (χ0n) is 12.3. The zero-order chi connectivity index (χ0) is 16.1. The van der Waals surface area contributed by atoms with Crippen LogP contribution in [-0.4, -0.2) is 47.3 Å². The van der Waals surface area contributed by atoms with Crippen LogP contribution >= 0.6 is 11.6 Å². The molecule has 1 aliphatic carbocycles. The minimum Gasteiger partial charge on any atom is -0.359 e. The molecule has 0 amide bonds. The Labute approximate surface area is 132 Å². The number of hydrogen-bond acceptors (Lipinski definition) is 5. The molecule has 0 saturated heterocycles. The lowest BCUT2D eigenvalue weighted by molar-refractivity contribution is -0.109. The van der Waals surface area contributed by atoms with Gasteiger partial charge in [0, 0.05) is 25.9 Å². The monoisotopic (exact) mass is 330 g/mol. The molecule has 3 rings (SSSR count). The van der Waals surface area contributed by atoms with Gasteiger partial charge in [0.25, 0.3) is 5.92 Å². The number of aldehydes is 1. The van der Waals surface area contributed by atoms with Crippen molar-refractivity contribution >= 4 is 29.4 Å². The van der Waals surface area contributed by atoms with Crippen molar-refractivity contribution in [2.75, 3.05) is 16.8 Å². The van der Waals surface area contributed by atoms with Gasteiger partial charge in [-0.1, -0.05) is 6.92 Å². The molecule has 1 saturated carbocycles. The van der Waals surface area contributed by atoms with Gasteiger partial charge in [0.15, 0.2) is 5.82 Å². The number of aromatic nitrogens is 2. The van der Waals surface area contributed by atoms with Gasteiger partial charge in [-0.05, 0) is 18.0 Å². The first-order valence-electron chi connectivity index (χ1n) is 7.24. The van der Waals surface area contributed by atoms with Crippen LogP contribution in [0.3, 0.4) is 0 Å². The highest BCUT2D eigenvalue weighted by molar-refractivity contribution is 6.28. The molecule has 2 atom stereocenters. The van der Waals surface area contributed by atoms with Gasteiger partial charge >= 0.3 is 0 Å². The van der Waals surface area contributed by atoms with E-state index in [9.17, 15) is 13.6 Å². The summed E-state index contributed by atoms with van der Waals surface area (Å²) in [4.78, 5) is 23.4. The zero-order valence-corrected chi connectivity index (χ0v) is 13.1. The van der Waals surface area contributed by atoms with E-state index in [-0.39, 0.29) is 30.2 Å². The van der Waals surface area contributed by atoms with Crippen LogP contribution in [-0.2, 0) is 4.79 Å². The van der Waals surface area contributed by atoms with Crippen molar-refractivity contribution in [2.45, 2.75) is 50.2 Å². The van der Waals surface area contributed by atoms with Crippen molar-refractivity contribution in [1.29, 1.82) is 0 Å². The van der Waals surface area contributed by atoms with Crippen molar-refractivity contribution in [3.05, 3.63) is 11.5 Å². The number of anilines is 2. The lowest BCUT2D eigenvalue weighted by Gasteiger charge is -2.52. The van der Waals surface area contributed by atoms with E-state index in [1.807, 2.05) is 11.8 Å². The molecule has 1 fully saturated rings. The topological polar surface area (TPSA) is 49.3 Å². The molecule has 1 aromatic rings. The average molecular weight is 331 g/mol. The van der Waals surface area contributed by atoms with Crippen LogP contribution in [0.4, 0.5) is 20.3 Å². The molecule has 22 heavy (non-hydrogen) atoms. The van der Waals surface area contributed by atoms with E-state index in [2.05, 4.69) is 9.97 Å². The molecular weight excluding hydrogens is 314 g/mol. The minimum atomic E-state index is -2.64. The van der Waals surface area contributed by atoms with Crippen LogP contribution in [0.5, 0.6) is 0 Å². The molecule has 120 valence electrons. The van der Waals surface area contributed by atoms with E-state index in [0.717, 1.165) is 6.29 Å². The highest BCUT2D eigenvalue weighted by Gasteiger charge is 2.52. The first kappa shape index (κ1) is 15.4. The van der Waals surface area contributed by atoms with Gasteiger partial charge in [-0.25, -0.2) is 13.8 Å². The molecule has 0 bridgehead atoms. The summed E-state index contributed by atoms with van der Waals surface area (Å²) in [5.74, 6) is -2.10. The Morgan fingerprint density at radius 3 is 2.73 bits per heavy atom. The highest BCUT2D eigenvalue weighted by atomic mass is 35.5. The third-order valence-electron chi connectivity index (χ3n) is 4.56. The van der Waals surface area contributed by atoms with Crippen molar-refractivity contribution in [3.8, 4) is 0 Å². The quantitative estimate of drug-likeness (QED) is 0.629. The number of halogens is 3. The van der Waals surface area contributed by atoms with E-state index in [4.69, 9.17) is 11.6 Å². The number of alkyl halides is 2. The molecule has 0 N–H and O–H groups in total. The summed E-state index contributed by atoms with van der Waals surface area (Å²) in [7, 11) is 1.78. The first-order valence-corrected chi connectivity index (χ1v) is 7.62. The van der Waals surface area contributed by atoms with Crippen molar-refractivity contribution in [1.82, 2.24) is 9.97 Å². The number of carbonyl (C=O) groups excluding carboxylic acids is 1. The molecule has 1 aliphatic heterocycles. The van der Waals surface area contributed by atoms with Gasteiger partial charge in [-0.3, -0.25) is 0 Å². The molecule has 2 heterocycles. The largest absolute Gasteiger partial charge is 0.359 e. The van der Waals surface area contributed by atoms with Gasteiger partial charge in [0.2, 0.25) is 5.28 Å². The molecule has 2 aliphatic rings. The Kier molecular flexibility index (Phi) is 3.71. The molecular formula is C14H17ClF2N4O. The van der Waals surface area contributed by atoms with E-state index in [1.165, 1.54) is 6.20 Å². The summed E-state index contributed by atoms with van der Waals surface area (Å²) in [5, 5.41) is 0.0719.